The fourth-order valence-electron chi connectivity index (χ4n) is 2.76. The van der Waals surface area contributed by atoms with Crippen molar-refractivity contribution in [1.29, 1.82) is 0 Å². The highest BCUT2D eigenvalue weighted by molar-refractivity contribution is 7.99. The van der Waals surface area contributed by atoms with Crippen LogP contribution in [0.1, 0.15) is 39.4 Å². The van der Waals surface area contributed by atoms with Crippen LogP contribution in [0.5, 0.6) is 0 Å². The molecule has 0 atom stereocenters. The van der Waals surface area contributed by atoms with E-state index in [0.717, 1.165) is 16.9 Å². The number of hydrogen-bond donors (Lipinski definition) is 1. The van der Waals surface area contributed by atoms with Crippen molar-refractivity contribution in [3.05, 3.63) is 46.6 Å². The van der Waals surface area contributed by atoms with Gasteiger partial charge in [0.2, 0.25) is 5.91 Å². The molecule has 0 aliphatic heterocycles. The summed E-state index contributed by atoms with van der Waals surface area (Å²) in [6, 6.07) is 5.72. The molecule has 8 nitrogen and oxygen atoms in total. The van der Waals surface area contributed by atoms with Crippen molar-refractivity contribution in [3.8, 4) is 0 Å². The monoisotopic (exact) mass is 447 g/mol. The Morgan fingerprint density at radius 1 is 1.17 bits per heavy atom. The molecule has 0 saturated heterocycles. The van der Waals surface area contributed by atoms with Crippen molar-refractivity contribution < 1.29 is 23.9 Å². The molecule has 3 aromatic heterocycles. The smallest absolute Gasteiger partial charge is 0.348 e. The van der Waals surface area contributed by atoms with Gasteiger partial charge < -0.3 is 14.8 Å². The maximum absolute atomic E-state index is 12.6. The minimum absolute atomic E-state index is 0.0853. The number of carbonyl (C=O) groups excluding carboxylic acids is 3. The summed E-state index contributed by atoms with van der Waals surface area (Å²) in [7, 11) is 0. The number of hydrogen-bond acceptors (Lipinski definition) is 8. The predicted octanol–water partition coefficient (Wildman–Crippen LogP) is 3.79. The van der Waals surface area contributed by atoms with Crippen LogP contribution in [0.25, 0.3) is 5.52 Å². The Labute approximate surface area is 181 Å². The molecule has 0 aliphatic rings. The lowest BCUT2D eigenvalue weighted by molar-refractivity contribution is -0.113. The van der Waals surface area contributed by atoms with Crippen molar-refractivity contribution in [2.75, 3.05) is 24.3 Å². The Morgan fingerprint density at radius 2 is 1.90 bits per heavy atom. The molecule has 158 valence electrons. The Bertz CT molecular complexity index is 1090. The molecule has 3 rings (SSSR count). The number of fused-ring (bicyclic) bond motifs is 1. The average Bonchev–Trinajstić information content (AvgIpc) is 3.27. The lowest BCUT2D eigenvalue weighted by atomic mass is 10.1. The van der Waals surface area contributed by atoms with E-state index in [1.807, 2.05) is 28.8 Å². The third-order valence-electron chi connectivity index (χ3n) is 4.08. The first-order valence-electron chi connectivity index (χ1n) is 9.28. The summed E-state index contributed by atoms with van der Waals surface area (Å²) in [5.74, 6) is -1.37. The van der Waals surface area contributed by atoms with E-state index in [1.54, 1.807) is 27.0 Å². The number of imidazole rings is 1. The maximum Gasteiger partial charge on any atom is 0.348 e. The minimum Gasteiger partial charge on any atom is -0.462 e. The van der Waals surface area contributed by atoms with Crippen LogP contribution in [0.2, 0.25) is 0 Å². The van der Waals surface area contributed by atoms with Gasteiger partial charge in [0.25, 0.3) is 0 Å². The van der Waals surface area contributed by atoms with Crippen LogP contribution in [-0.4, -0.2) is 46.2 Å². The fraction of sp³-hybridized carbons (Fsp3) is 0.300. The summed E-state index contributed by atoms with van der Waals surface area (Å²) >= 11 is 2.28. The first-order valence-corrected chi connectivity index (χ1v) is 11.1. The Balaban J connectivity index is 1.78. The van der Waals surface area contributed by atoms with Gasteiger partial charge in [0.05, 0.1) is 36.2 Å². The lowest BCUT2D eigenvalue weighted by Crippen LogP contribution is -2.16. The third kappa shape index (κ3) is 4.65. The number of rotatable bonds is 8. The van der Waals surface area contributed by atoms with E-state index in [9.17, 15) is 14.4 Å². The van der Waals surface area contributed by atoms with Gasteiger partial charge in [0.15, 0.2) is 5.16 Å². The zero-order chi connectivity index (χ0) is 21.7. The van der Waals surface area contributed by atoms with Gasteiger partial charge in [-0.1, -0.05) is 17.8 Å². The zero-order valence-corrected chi connectivity index (χ0v) is 18.4. The molecule has 0 unspecified atom stereocenters. The molecule has 0 aliphatic carbocycles. The van der Waals surface area contributed by atoms with Crippen LogP contribution in [0.3, 0.4) is 0 Å². The topological polar surface area (TPSA) is 99.0 Å². The molecule has 0 bridgehead atoms. The SMILES string of the molecule is CCOC(=O)c1sc(NC(=O)CSc2ncc3ccccn23)c(C(=O)OCC)c1C. The van der Waals surface area contributed by atoms with E-state index in [2.05, 4.69) is 10.3 Å². The van der Waals surface area contributed by atoms with Gasteiger partial charge in [0, 0.05) is 6.20 Å². The number of thiophene rings is 1. The normalized spacial score (nSPS) is 10.8. The Hall–Kier alpha value is -2.85. The molecule has 0 radical (unpaired) electrons. The van der Waals surface area contributed by atoms with Gasteiger partial charge in [0.1, 0.15) is 9.88 Å². The third-order valence-corrected chi connectivity index (χ3v) is 6.23. The van der Waals surface area contributed by atoms with Crippen molar-refractivity contribution >= 4 is 51.5 Å². The van der Waals surface area contributed by atoms with E-state index in [4.69, 9.17) is 9.47 Å². The van der Waals surface area contributed by atoms with Gasteiger partial charge in [-0.15, -0.1) is 11.3 Å². The molecule has 30 heavy (non-hydrogen) atoms. The summed E-state index contributed by atoms with van der Waals surface area (Å²) in [6.45, 7) is 5.42. The number of thioether (sulfide) groups is 1. The standard InChI is InChI=1S/C20H21N3O5S2/c1-4-27-18(25)15-12(3)16(19(26)28-5-2)30-17(15)22-14(24)11-29-20-21-10-13-8-6-7-9-23(13)20/h6-10H,4-5,11H2,1-3H3,(H,22,24). The van der Waals surface area contributed by atoms with Crippen molar-refractivity contribution in [2.24, 2.45) is 0 Å². The summed E-state index contributed by atoms with van der Waals surface area (Å²) in [6.07, 6.45) is 3.60. The highest BCUT2D eigenvalue weighted by atomic mass is 32.2. The maximum atomic E-state index is 12.6. The van der Waals surface area contributed by atoms with Crippen molar-refractivity contribution in [3.63, 3.8) is 0 Å². The van der Waals surface area contributed by atoms with E-state index in [1.165, 1.54) is 11.8 Å². The number of carbonyl (C=O) groups is 3. The molecule has 0 spiro atoms. The molecule has 10 heteroatoms. The highest BCUT2D eigenvalue weighted by Gasteiger charge is 2.27. The fourth-order valence-corrected chi connectivity index (χ4v) is 4.63. The molecule has 0 aromatic carbocycles. The van der Waals surface area contributed by atoms with Gasteiger partial charge in [-0.05, 0) is 38.5 Å². The quantitative estimate of drug-likeness (QED) is 0.414. The van der Waals surface area contributed by atoms with Crippen LogP contribution in [0, 0.1) is 6.92 Å². The van der Waals surface area contributed by atoms with Crippen molar-refractivity contribution in [2.45, 2.75) is 25.9 Å². The van der Waals surface area contributed by atoms with Gasteiger partial charge in [-0.2, -0.15) is 0 Å². The molecule has 3 heterocycles. The molecule has 0 fully saturated rings. The first-order chi connectivity index (χ1) is 14.5. The van der Waals surface area contributed by atoms with Gasteiger partial charge >= 0.3 is 11.9 Å². The van der Waals surface area contributed by atoms with Crippen LogP contribution >= 0.6 is 23.1 Å². The molecule has 1 amide bonds. The van der Waals surface area contributed by atoms with Gasteiger partial charge in [-0.3, -0.25) is 9.20 Å². The number of aromatic nitrogens is 2. The number of nitrogens with one attached hydrogen (secondary N) is 1. The van der Waals surface area contributed by atoms with E-state index < -0.39 is 11.9 Å². The van der Waals surface area contributed by atoms with E-state index in [0.29, 0.717) is 10.7 Å². The Kier molecular flexibility index (Phi) is 7.11. The predicted molar refractivity (Wildman–Crippen MR) is 116 cm³/mol. The number of nitrogens with zero attached hydrogens (tertiary/aromatic N) is 2. The summed E-state index contributed by atoms with van der Waals surface area (Å²) < 4.78 is 12.0. The van der Waals surface area contributed by atoms with Crippen molar-refractivity contribution in [1.82, 2.24) is 9.38 Å². The van der Waals surface area contributed by atoms with Crippen LogP contribution < -0.4 is 5.32 Å². The second kappa shape index (κ2) is 9.77. The molecule has 1 N–H and O–H groups in total. The van der Waals surface area contributed by atoms with Gasteiger partial charge in [-0.25, -0.2) is 14.6 Å². The average molecular weight is 448 g/mol. The number of ether oxygens (including phenoxy) is 2. The minimum atomic E-state index is -0.594. The highest BCUT2D eigenvalue weighted by Crippen LogP contribution is 2.34. The largest absolute Gasteiger partial charge is 0.462 e. The second-order valence-corrected chi connectivity index (χ2v) is 8.04. The lowest BCUT2D eigenvalue weighted by Gasteiger charge is -2.07. The molecular formula is C20H21N3O5S2. The summed E-state index contributed by atoms with van der Waals surface area (Å²) in [5.41, 5.74) is 1.53. The van der Waals surface area contributed by atoms with Crippen LogP contribution in [0.15, 0.2) is 35.7 Å². The second-order valence-electron chi connectivity index (χ2n) is 6.07. The summed E-state index contributed by atoms with van der Waals surface area (Å²) in [4.78, 5) is 41.8. The number of amides is 1. The number of esters is 2. The van der Waals surface area contributed by atoms with Crippen LogP contribution in [-0.2, 0) is 14.3 Å². The zero-order valence-electron chi connectivity index (χ0n) is 16.8. The van der Waals surface area contributed by atoms with E-state index in [-0.39, 0.29) is 40.3 Å². The summed E-state index contributed by atoms with van der Waals surface area (Å²) in [5, 5.41) is 3.68. The molecule has 0 saturated carbocycles. The first kappa shape index (κ1) is 21.8. The van der Waals surface area contributed by atoms with Crippen LogP contribution in [0.4, 0.5) is 5.00 Å². The molecular weight excluding hydrogens is 426 g/mol. The number of pyridine rings is 1. The Morgan fingerprint density at radius 3 is 2.63 bits per heavy atom. The van der Waals surface area contributed by atoms with E-state index >= 15 is 0 Å². The number of anilines is 1. The molecule has 3 aromatic rings.